The zero-order valence-electron chi connectivity index (χ0n) is 10.6. The SMILES string of the molecule is O=C(NNC[C@H]1CNC[C@H]1O)OCc1ccccc1. The van der Waals surface area contributed by atoms with E-state index in [2.05, 4.69) is 16.2 Å². The summed E-state index contributed by atoms with van der Waals surface area (Å²) >= 11 is 0. The molecule has 1 aromatic carbocycles. The Balaban J connectivity index is 1.60. The quantitative estimate of drug-likeness (QED) is 0.563. The van der Waals surface area contributed by atoms with Gasteiger partial charge in [-0.1, -0.05) is 30.3 Å². The standard InChI is InChI=1S/C13H19N3O3/c17-12-8-14-6-11(12)7-15-16-13(18)19-9-10-4-2-1-3-5-10/h1-5,11-12,14-15,17H,6-9H2,(H,16,18)/t11-,12-/m1/s1. The zero-order valence-corrected chi connectivity index (χ0v) is 10.6. The summed E-state index contributed by atoms with van der Waals surface area (Å²) in [5.74, 6) is 0.106. The van der Waals surface area contributed by atoms with Gasteiger partial charge in [-0.25, -0.2) is 10.2 Å². The maximum absolute atomic E-state index is 11.4. The third-order valence-corrected chi connectivity index (χ3v) is 3.07. The molecule has 2 atom stereocenters. The number of benzene rings is 1. The van der Waals surface area contributed by atoms with Gasteiger partial charge < -0.3 is 15.2 Å². The molecule has 6 nitrogen and oxygen atoms in total. The highest BCUT2D eigenvalue weighted by Crippen LogP contribution is 2.06. The first kappa shape index (κ1) is 13.8. The normalized spacial score (nSPS) is 22.2. The summed E-state index contributed by atoms with van der Waals surface area (Å²) in [4.78, 5) is 11.4. The Morgan fingerprint density at radius 3 is 2.84 bits per heavy atom. The molecule has 0 radical (unpaired) electrons. The van der Waals surface area contributed by atoms with E-state index in [1.807, 2.05) is 30.3 Å². The number of rotatable bonds is 5. The number of carbonyl (C=O) groups excluding carboxylic acids is 1. The molecule has 19 heavy (non-hydrogen) atoms. The Kier molecular flexibility index (Phi) is 5.14. The van der Waals surface area contributed by atoms with Gasteiger partial charge in [-0.05, 0) is 5.56 Å². The van der Waals surface area contributed by atoms with Crippen LogP contribution < -0.4 is 16.2 Å². The van der Waals surface area contributed by atoms with Crippen LogP contribution in [0.3, 0.4) is 0 Å². The minimum absolute atomic E-state index is 0.106. The Morgan fingerprint density at radius 2 is 2.16 bits per heavy atom. The van der Waals surface area contributed by atoms with Crippen molar-refractivity contribution in [3.8, 4) is 0 Å². The molecule has 6 heteroatoms. The summed E-state index contributed by atoms with van der Waals surface area (Å²) in [6.45, 7) is 2.09. The first-order valence-corrected chi connectivity index (χ1v) is 6.34. The van der Waals surface area contributed by atoms with Crippen molar-refractivity contribution in [1.29, 1.82) is 0 Å². The van der Waals surface area contributed by atoms with Crippen molar-refractivity contribution in [1.82, 2.24) is 16.2 Å². The lowest BCUT2D eigenvalue weighted by Crippen LogP contribution is -2.42. The monoisotopic (exact) mass is 265 g/mol. The van der Waals surface area contributed by atoms with Crippen LogP contribution in [0.5, 0.6) is 0 Å². The zero-order chi connectivity index (χ0) is 13.5. The van der Waals surface area contributed by atoms with E-state index in [0.717, 1.165) is 12.1 Å². The second kappa shape index (κ2) is 7.08. The van der Waals surface area contributed by atoms with Gasteiger partial charge in [-0.3, -0.25) is 5.43 Å². The molecule has 1 aromatic rings. The highest BCUT2D eigenvalue weighted by atomic mass is 16.6. The topological polar surface area (TPSA) is 82.6 Å². The second-order valence-electron chi connectivity index (χ2n) is 4.55. The summed E-state index contributed by atoms with van der Waals surface area (Å²) in [5, 5.41) is 12.6. The molecule has 1 amide bonds. The van der Waals surface area contributed by atoms with Gasteiger partial charge in [0.1, 0.15) is 6.61 Å². The fourth-order valence-electron chi connectivity index (χ4n) is 1.94. The average Bonchev–Trinajstić information content (AvgIpc) is 2.83. The molecule has 0 aromatic heterocycles. The number of carbonyl (C=O) groups is 1. The Hall–Kier alpha value is -1.63. The molecule has 0 unspecified atom stereocenters. The van der Waals surface area contributed by atoms with E-state index in [1.165, 1.54) is 0 Å². The number of aliphatic hydroxyl groups is 1. The third-order valence-electron chi connectivity index (χ3n) is 3.07. The van der Waals surface area contributed by atoms with Gasteiger partial charge in [-0.15, -0.1) is 0 Å². The van der Waals surface area contributed by atoms with E-state index in [-0.39, 0.29) is 18.6 Å². The second-order valence-corrected chi connectivity index (χ2v) is 4.55. The molecule has 1 saturated heterocycles. The Labute approximate surface area is 112 Å². The minimum Gasteiger partial charge on any atom is -0.444 e. The van der Waals surface area contributed by atoms with Gasteiger partial charge in [-0.2, -0.15) is 0 Å². The number of ether oxygens (including phenoxy) is 1. The number of hydrogen-bond donors (Lipinski definition) is 4. The molecule has 1 fully saturated rings. The summed E-state index contributed by atoms with van der Waals surface area (Å²) in [7, 11) is 0. The fourth-order valence-corrected chi connectivity index (χ4v) is 1.94. The molecular formula is C13H19N3O3. The van der Waals surface area contributed by atoms with Crippen molar-refractivity contribution in [2.75, 3.05) is 19.6 Å². The number of aliphatic hydroxyl groups excluding tert-OH is 1. The van der Waals surface area contributed by atoms with Gasteiger partial charge in [0, 0.05) is 25.6 Å². The summed E-state index contributed by atoms with van der Waals surface area (Å²) in [6, 6.07) is 9.47. The maximum atomic E-state index is 11.4. The van der Waals surface area contributed by atoms with Gasteiger partial charge in [0.15, 0.2) is 0 Å². The van der Waals surface area contributed by atoms with E-state index in [0.29, 0.717) is 13.1 Å². The van der Waals surface area contributed by atoms with Crippen molar-refractivity contribution < 1.29 is 14.6 Å². The first-order valence-electron chi connectivity index (χ1n) is 6.34. The van der Waals surface area contributed by atoms with Gasteiger partial charge in [0.05, 0.1) is 6.10 Å². The van der Waals surface area contributed by atoms with Crippen molar-refractivity contribution in [3.63, 3.8) is 0 Å². The predicted octanol–water partition coefficient (Wildman–Crippen LogP) is -0.00230. The largest absolute Gasteiger partial charge is 0.444 e. The third kappa shape index (κ3) is 4.51. The van der Waals surface area contributed by atoms with Gasteiger partial charge in [0.2, 0.25) is 0 Å². The minimum atomic E-state index is -0.524. The Morgan fingerprint density at radius 1 is 1.37 bits per heavy atom. The van der Waals surface area contributed by atoms with E-state index >= 15 is 0 Å². The van der Waals surface area contributed by atoms with Crippen LogP contribution in [-0.4, -0.2) is 36.9 Å². The van der Waals surface area contributed by atoms with Crippen LogP contribution >= 0.6 is 0 Å². The first-order chi connectivity index (χ1) is 9.25. The molecule has 0 aliphatic carbocycles. The molecule has 0 spiro atoms. The van der Waals surface area contributed by atoms with Crippen molar-refractivity contribution in [2.45, 2.75) is 12.7 Å². The van der Waals surface area contributed by atoms with Crippen LogP contribution in [-0.2, 0) is 11.3 Å². The van der Waals surface area contributed by atoms with Crippen molar-refractivity contribution in [2.24, 2.45) is 5.92 Å². The molecular weight excluding hydrogens is 246 g/mol. The predicted molar refractivity (Wildman–Crippen MR) is 70.1 cm³/mol. The molecule has 1 aliphatic heterocycles. The summed E-state index contributed by atoms with van der Waals surface area (Å²) < 4.78 is 5.03. The smallest absolute Gasteiger partial charge is 0.421 e. The number of amides is 1. The van der Waals surface area contributed by atoms with Gasteiger partial charge >= 0.3 is 6.09 Å². The maximum Gasteiger partial charge on any atom is 0.421 e. The average molecular weight is 265 g/mol. The highest BCUT2D eigenvalue weighted by molar-refractivity contribution is 5.66. The van der Waals surface area contributed by atoms with E-state index in [4.69, 9.17) is 4.74 Å². The van der Waals surface area contributed by atoms with Crippen LogP contribution in [0.2, 0.25) is 0 Å². The number of β-amino-alcohol motifs (C(OH)–C–C–N with tert-alkyl or cyclic N) is 1. The molecule has 0 saturated carbocycles. The van der Waals surface area contributed by atoms with Gasteiger partial charge in [0.25, 0.3) is 0 Å². The lowest BCUT2D eigenvalue weighted by atomic mass is 10.1. The fraction of sp³-hybridized carbons (Fsp3) is 0.462. The summed E-state index contributed by atoms with van der Waals surface area (Å²) in [5.41, 5.74) is 6.16. The van der Waals surface area contributed by atoms with E-state index < -0.39 is 6.09 Å². The number of hydrazine groups is 1. The molecule has 1 heterocycles. The molecule has 2 rings (SSSR count). The summed E-state index contributed by atoms with van der Waals surface area (Å²) in [6.07, 6.45) is -0.890. The van der Waals surface area contributed by atoms with Crippen LogP contribution in [0.1, 0.15) is 5.56 Å². The van der Waals surface area contributed by atoms with Crippen LogP contribution in [0.25, 0.3) is 0 Å². The molecule has 0 bridgehead atoms. The van der Waals surface area contributed by atoms with Crippen LogP contribution in [0.15, 0.2) is 30.3 Å². The molecule has 1 aliphatic rings. The van der Waals surface area contributed by atoms with Crippen LogP contribution in [0, 0.1) is 5.92 Å². The van der Waals surface area contributed by atoms with E-state index in [9.17, 15) is 9.90 Å². The van der Waals surface area contributed by atoms with Crippen molar-refractivity contribution >= 4 is 6.09 Å². The number of nitrogens with one attached hydrogen (secondary N) is 3. The van der Waals surface area contributed by atoms with Crippen LogP contribution in [0.4, 0.5) is 4.79 Å². The molecule has 104 valence electrons. The van der Waals surface area contributed by atoms with Crippen molar-refractivity contribution in [3.05, 3.63) is 35.9 Å². The Bertz CT molecular complexity index is 399. The lowest BCUT2D eigenvalue weighted by molar-refractivity contribution is 0.125. The lowest BCUT2D eigenvalue weighted by Gasteiger charge is -2.14. The number of hydrogen-bond acceptors (Lipinski definition) is 5. The van der Waals surface area contributed by atoms with E-state index in [1.54, 1.807) is 0 Å². The molecule has 4 N–H and O–H groups in total. The highest BCUT2D eigenvalue weighted by Gasteiger charge is 2.24.